The Morgan fingerprint density at radius 2 is 1.66 bits per heavy atom. The number of likely N-dealkylation sites (N-methyl/N-ethyl adjacent to an activating group) is 1. The van der Waals surface area contributed by atoms with Crippen molar-refractivity contribution in [3.05, 3.63) is 39.7 Å². The van der Waals surface area contributed by atoms with E-state index in [1.807, 2.05) is 0 Å². The van der Waals surface area contributed by atoms with Crippen molar-refractivity contribution >= 4 is 34.8 Å². The number of hydrogen-bond donors (Lipinski definition) is 5. The minimum atomic E-state index is -2.72. The van der Waals surface area contributed by atoms with E-state index in [4.69, 9.17) is 5.73 Å². The van der Waals surface area contributed by atoms with Crippen molar-refractivity contribution in [2.75, 3.05) is 47.2 Å². The number of aromatic hydroxyl groups is 1. The van der Waals surface area contributed by atoms with Crippen LogP contribution in [0.1, 0.15) is 27.9 Å². The van der Waals surface area contributed by atoms with E-state index in [1.165, 1.54) is 30.0 Å². The zero-order valence-electron chi connectivity index (χ0n) is 22.1. The van der Waals surface area contributed by atoms with Crippen LogP contribution in [0.5, 0.6) is 5.75 Å². The number of carbonyl (C=O) groups is 4. The SMILES string of the molecule is CN(C)C(=O)c1cc(N(C)C)c2c(c1O)C(O)=C1C(=O)[C@]3(O)C(O)=C(C(N)=O)C(=O)[C@@H](N(C)C)[C@@H]3C[C@@H]1C2. The number of aliphatic hydroxyl groups is 3. The van der Waals surface area contributed by atoms with Crippen LogP contribution in [-0.4, -0.2) is 108 Å². The summed E-state index contributed by atoms with van der Waals surface area (Å²) in [5.74, 6) is -7.93. The summed E-state index contributed by atoms with van der Waals surface area (Å²) in [5, 5.41) is 45.2. The number of nitrogens with two attached hydrogens (primary N) is 1. The third-order valence-corrected chi connectivity index (χ3v) is 7.82. The second-order valence-corrected chi connectivity index (χ2v) is 10.7. The molecule has 3 aliphatic carbocycles. The summed E-state index contributed by atoms with van der Waals surface area (Å²) in [4.78, 5) is 56.4. The number of aliphatic hydroxyl groups excluding tert-OH is 2. The smallest absolute Gasteiger partial charge is 0.257 e. The van der Waals surface area contributed by atoms with Gasteiger partial charge in [0.05, 0.1) is 17.2 Å². The lowest BCUT2D eigenvalue weighted by Gasteiger charge is -2.50. The molecular formula is C26H32N4O8. The monoisotopic (exact) mass is 528 g/mol. The highest BCUT2D eigenvalue weighted by Crippen LogP contribution is 2.54. The molecule has 0 heterocycles. The van der Waals surface area contributed by atoms with Gasteiger partial charge >= 0.3 is 0 Å². The molecule has 12 heteroatoms. The topological polar surface area (TPSA) is 185 Å². The van der Waals surface area contributed by atoms with Gasteiger partial charge in [0.25, 0.3) is 11.8 Å². The third-order valence-electron chi connectivity index (χ3n) is 7.82. The molecular weight excluding hydrogens is 496 g/mol. The lowest BCUT2D eigenvalue weighted by atomic mass is 9.57. The summed E-state index contributed by atoms with van der Waals surface area (Å²) in [6.45, 7) is 0. The fourth-order valence-corrected chi connectivity index (χ4v) is 6.09. The average molecular weight is 529 g/mol. The predicted octanol–water partition coefficient (Wildman–Crippen LogP) is -0.268. The largest absolute Gasteiger partial charge is 0.508 e. The third kappa shape index (κ3) is 3.51. The standard InChI is InChI=1S/C26H32N4O8/c1-28(2)14-9-12(25(37)30(5)6)19(31)16-11(14)7-10-8-13-18(29(3)4)21(33)17(24(27)36)23(35)26(13,38)22(34)15(10)20(16)32/h9-10,13,18,31-32,35,38H,7-8H2,1-6H3,(H2,27,36)/t10-,13-,18-,26-/m0/s1. The van der Waals surface area contributed by atoms with Crippen LogP contribution in [0.4, 0.5) is 5.69 Å². The van der Waals surface area contributed by atoms with E-state index >= 15 is 0 Å². The highest BCUT2D eigenvalue weighted by molar-refractivity contribution is 6.24. The highest BCUT2D eigenvalue weighted by Gasteiger charge is 2.64. The number of amides is 2. The summed E-state index contributed by atoms with van der Waals surface area (Å²) in [6, 6.07) is 0.352. The van der Waals surface area contributed by atoms with Gasteiger partial charge in [0, 0.05) is 45.4 Å². The van der Waals surface area contributed by atoms with Gasteiger partial charge in [-0.3, -0.25) is 24.1 Å². The van der Waals surface area contributed by atoms with Crippen LogP contribution in [0.2, 0.25) is 0 Å². The first-order valence-electron chi connectivity index (χ1n) is 12.0. The summed E-state index contributed by atoms with van der Waals surface area (Å²) < 4.78 is 0. The minimum Gasteiger partial charge on any atom is -0.508 e. The van der Waals surface area contributed by atoms with Crippen molar-refractivity contribution in [1.82, 2.24) is 9.80 Å². The first kappa shape index (κ1) is 27.1. The number of primary amides is 1. The van der Waals surface area contributed by atoms with E-state index in [1.54, 1.807) is 33.1 Å². The number of benzene rings is 1. The second-order valence-electron chi connectivity index (χ2n) is 10.7. The normalized spacial score (nSPS) is 26.7. The average Bonchev–Trinajstić information content (AvgIpc) is 2.80. The zero-order chi connectivity index (χ0) is 28.6. The molecule has 0 bridgehead atoms. The predicted molar refractivity (Wildman–Crippen MR) is 137 cm³/mol. The van der Waals surface area contributed by atoms with E-state index in [2.05, 4.69) is 0 Å². The van der Waals surface area contributed by atoms with Gasteiger partial charge in [-0.25, -0.2) is 0 Å². The van der Waals surface area contributed by atoms with Crippen LogP contribution in [0.15, 0.2) is 23.0 Å². The molecule has 1 aromatic rings. The molecule has 1 aromatic carbocycles. The molecule has 0 radical (unpaired) electrons. The van der Waals surface area contributed by atoms with Crippen LogP contribution in [0.25, 0.3) is 5.76 Å². The number of Topliss-reactive ketones (excluding diaryl/α,β-unsaturated/α-hetero) is 2. The van der Waals surface area contributed by atoms with E-state index in [9.17, 15) is 39.6 Å². The minimum absolute atomic E-state index is 0.0161. The van der Waals surface area contributed by atoms with Gasteiger partial charge in [-0.1, -0.05) is 0 Å². The maximum absolute atomic E-state index is 13.9. The fraction of sp³-hybridized carbons (Fsp3) is 0.462. The number of carbonyl (C=O) groups excluding carboxylic acids is 4. The number of hydrogen-bond acceptors (Lipinski definition) is 10. The van der Waals surface area contributed by atoms with Crippen LogP contribution in [0.3, 0.4) is 0 Å². The van der Waals surface area contributed by atoms with Crippen molar-refractivity contribution < 1.29 is 39.6 Å². The summed E-state index contributed by atoms with van der Waals surface area (Å²) in [6.07, 6.45) is 0.115. The van der Waals surface area contributed by atoms with Crippen molar-refractivity contribution in [2.45, 2.75) is 24.5 Å². The molecule has 2 amide bonds. The maximum atomic E-state index is 13.9. The molecule has 0 aliphatic heterocycles. The van der Waals surface area contributed by atoms with Gasteiger partial charge in [-0.05, 0) is 44.5 Å². The van der Waals surface area contributed by atoms with Crippen LogP contribution in [0, 0.1) is 11.8 Å². The van der Waals surface area contributed by atoms with Gasteiger partial charge in [0.15, 0.2) is 11.4 Å². The Bertz CT molecular complexity index is 1360. The first-order valence-corrected chi connectivity index (χ1v) is 12.0. The number of anilines is 1. The molecule has 12 nitrogen and oxygen atoms in total. The van der Waals surface area contributed by atoms with E-state index < -0.39 is 69.7 Å². The van der Waals surface area contributed by atoms with Crippen LogP contribution >= 0.6 is 0 Å². The molecule has 3 aliphatic rings. The molecule has 0 saturated heterocycles. The van der Waals surface area contributed by atoms with E-state index in [-0.39, 0.29) is 29.5 Å². The quantitative estimate of drug-likeness (QED) is 0.326. The van der Waals surface area contributed by atoms with Crippen LogP contribution in [-0.2, 0) is 20.8 Å². The molecule has 6 N–H and O–H groups in total. The molecule has 0 aromatic heterocycles. The Morgan fingerprint density at radius 1 is 1.05 bits per heavy atom. The van der Waals surface area contributed by atoms with Crippen molar-refractivity contribution in [3.63, 3.8) is 0 Å². The number of fused-ring (bicyclic) bond motifs is 3. The Kier molecular flexibility index (Phi) is 6.32. The number of nitrogens with zero attached hydrogens (tertiary/aromatic N) is 3. The molecule has 204 valence electrons. The molecule has 1 fully saturated rings. The second kappa shape index (κ2) is 8.84. The van der Waals surface area contributed by atoms with Gasteiger partial charge in [0.1, 0.15) is 22.8 Å². The molecule has 1 saturated carbocycles. The van der Waals surface area contributed by atoms with Crippen molar-refractivity contribution in [1.29, 1.82) is 0 Å². The Labute approximate surface area is 219 Å². The Hall–Kier alpha value is -3.90. The number of rotatable bonds is 4. The lowest BCUT2D eigenvalue weighted by Crippen LogP contribution is -2.65. The molecule has 0 unspecified atom stereocenters. The molecule has 0 spiro atoms. The van der Waals surface area contributed by atoms with Crippen molar-refractivity contribution in [2.24, 2.45) is 17.6 Å². The Morgan fingerprint density at radius 3 is 2.16 bits per heavy atom. The van der Waals surface area contributed by atoms with E-state index in [0.29, 0.717) is 11.3 Å². The fourth-order valence-electron chi connectivity index (χ4n) is 6.09. The Balaban J connectivity index is 2.02. The number of phenolic OH excluding ortho intramolecular Hbond substituents is 1. The summed E-state index contributed by atoms with van der Waals surface area (Å²) in [5.41, 5.74) is 2.26. The van der Waals surface area contributed by atoms with Gasteiger partial charge < -0.3 is 36.0 Å². The molecule has 38 heavy (non-hydrogen) atoms. The highest BCUT2D eigenvalue weighted by atomic mass is 16.3. The summed E-state index contributed by atoms with van der Waals surface area (Å²) in [7, 11) is 9.55. The molecule has 4 atom stereocenters. The maximum Gasteiger partial charge on any atom is 0.257 e. The first-order chi connectivity index (χ1) is 17.6. The van der Waals surface area contributed by atoms with E-state index in [0.717, 1.165) is 0 Å². The van der Waals surface area contributed by atoms with Crippen LogP contribution < -0.4 is 10.6 Å². The van der Waals surface area contributed by atoms with Crippen molar-refractivity contribution in [3.8, 4) is 5.75 Å². The summed E-state index contributed by atoms with van der Waals surface area (Å²) >= 11 is 0. The van der Waals surface area contributed by atoms with Gasteiger partial charge in [-0.2, -0.15) is 0 Å². The number of phenols is 1. The zero-order valence-corrected chi connectivity index (χ0v) is 22.1. The lowest BCUT2D eigenvalue weighted by molar-refractivity contribution is -0.153. The molecule has 4 rings (SSSR count). The van der Waals surface area contributed by atoms with Gasteiger partial charge in [0.2, 0.25) is 5.78 Å². The number of ketones is 2. The van der Waals surface area contributed by atoms with Gasteiger partial charge in [-0.15, -0.1) is 0 Å².